The van der Waals surface area contributed by atoms with Crippen LogP contribution in [0.2, 0.25) is 0 Å². The van der Waals surface area contributed by atoms with Crippen LogP contribution >= 0.6 is 0 Å². The lowest BCUT2D eigenvalue weighted by molar-refractivity contribution is -0.199. The fraction of sp³-hybridized carbons (Fsp3) is 0.817. The fourth-order valence-electron chi connectivity index (χ4n) is 33.7. The number of hydrogen-bond donors (Lipinski definition) is 7. The molecule has 13 spiro atoms. The van der Waals surface area contributed by atoms with Gasteiger partial charge in [-0.15, -0.1) is 0 Å². The van der Waals surface area contributed by atoms with Crippen molar-refractivity contribution in [2.24, 2.45) is 0 Å². The van der Waals surface area contributed by atoms with Crippen molar-refractivity contribution in [2.45, 2.75) is 310 Å². The number of fused-ring (bicyclic) bond motifs is 8. The van der Waals surface area contributed by atoms with Crippen LogP contribution < -0.4 is 37.2 Å². The Morgan fingerprint density at radius 2 is 0.574 bits per heavy atom. The van der Waals surface area contributed by atoms with Gasteiger partial charge in [0.1, 0.15) is 93.0 Å². The lowest BCUT2D eigenvalue weighted by Gasteiger charge is -2.63. The minimum absolute atomic E-state index is 0.0689. The molecule has 0 aromatic carbocycles. The molecule has 7 N–H and O–H groups in total. The van der Waals surface area contributed by atoms with Crippen molar-refractivity contribution < 1.29 is 71.9 Å². The summed E-state index contributed by atoms with van der Waals surface area (Å²) in [5.41, 5.74) is -24.9. The second-order valence-corrected chi connectivity index (χ2v) is 42.2. The zero-order valence-electron chi connectivity index (χ0n) is 73.6. The Morgan fingerprint density at radius 3 is 1.15 bits per heavy atom. The summed E-state index contributed by atoms with van der Waals surface area (Å²) in [7, 11) is 1.60. The Kier molecular flexibility index (Phi) is 15.5. The van der Waals surface area contributed by atoms with E-state index in [0.717, 1.165) is 0 Å². The van der Waals surface area contributed by atoms with Gasteiger partial charge in [0.25, 0.3) is 0 Å². The first-order valence-corrected chi connectivity index (χ1v) is 47.6. The number of carbonyl (C=O) groups excluding carboxylic acids is 15. The van der Waals surface area contributed by atoms with Gasteiger partial charge < -0.3 is 35.1 Å². The van der Waals surface area contributed by atoms with Crippen molar-refractivity contribution in [2.75, 3.05) is 114 Å². The van der Waals surface area contributed by atoms with E-state index in [2.05, 4.69) is 37.2 Å². The molecule has 8 saturated carbocycles. The molecule has 47 heteroatoms. The highest BCUT2D eigenvalue weighted by Crippen LogP contribution is 2.69. The van der Waals surface area contributed by atoms with E-state index in [9.17, 15) is 0 Å². The average Bonchev–Trinajstić information content (AvgIpc) is 1.42. The van der Waals surface area contributed by atoms with Crippen LogP contribution in [0.3, 0.4) is 0 Å². The summed E-state index contributed by atoms with van der Waals surface area (Å²) in [6.45, 7) is -3.17. The summed E-state index contributed by atoms with van der Waals surface area (Å²) in [4.78, 5) is 293. The summed E-state index contributed by atoms with van der Waals surface area (Å²) < 4.78 is 0. The number of amides is 27. The van der Waals surface area contributed by atoms with Crippen molar-refractivity contribution in [3.05, 3.63) is 0 Å². The van der Waals surface area contributed by atoms with Gasteiger partial charge in [-0.25, -0.2) is 57.5 Å². The molecule has 47 nitrogen and oxygen atoms in total. The van der Waals surface area contributed by atoms with E-state index in [1.807, 2.05) is 13.8 Å². The third-order valence-corrected chi connectivity index (χ3v) is 39.1. The van der Waals surface area contributed by atoms with Crippen LogP contribution in [0.1, 0.15) is 219 Å². The number of nitrogens with zero attached hydrogens (tertiary/aromatic N) is 25. The normalized spacial score (nSPS) is 44.1. The predicted octanol–water partition coefficient (Wildman–Crippen LogP) is 1.30. The van der Waals surface area contributed by atoms with Crippen LogP contribution in [0.25, 0.3) is 0 Å². The Labute approximate surface area is 743 Å². The predicted molar refractivity (Wildman–Crippen MR) is 439 cm³/mol. The zero-order valence-corrected chi connectivity index (χ0v) is 73.6. The highest BCUT2D eigenvalue weighted by atomic mass is 16.3. The maximum absolute atomic E-state index is 17.5. The second kappa shape index (κ2) is 25.2. The van der Waals surface area contributed by atoms with Gasteiger partial charge in [0.05, 0.1) is 70.5 Å². The Balaban J connectivity index is 0.695. The van der Waals surface area contributed by atoms with Crippen LogP contribution in [-0.4, -0.2) is 419 Å². The van der Waals surface area contributed by atoms with Gasteiger partial charge in [0, 0.05) is 7.05 Å². The summed E-state index contributed by atoms with van der Waals surface area (Å²) in [6, 6.07) is -8.43. The minimum atomic E-state index is -1.83. The van der Waals surface area contributed by atoms with Gasteiger partial charge in [-0.1, -0.05) is 19.3 Å². The molecule has 8 aliphatic carbocycles. The second-order valence-electron chi connectivity index (χ2n) is 42.2. The largest absolute Gasteiger partial charge is 0.326 e. The molecule has 27 amide bonds. The summed E-state index contributed by atoms with van der Waals surface area (Å²) in [5, 5.41) is 25.9. The maximum atomic E-state index is 17.5. The van der Waals surface area contributed by atoms with Crippen molar-refractivity contribution in [1.82, 2.24) is 160 Å². The highest BCUT2D eigenvalue weighted by Gasteiger charge is 2.89. The number of urea groups is 12. The third kappa shape index (κ3) is 8.03. The van der Waals surface area contributed by atoms with E-state index < -0.39 is 236 Å². The molecule has 18 heterocycles. The molecular formula is C82H116N32O15. The van der Waals surface area contributed by atoms with E-state index in [0.29, 0.717) is 135 Å². The van der Waals surface area contributed by atoms with E-state index in [1.54, 1.807) is 105 Å². The molecule has 16 atom stereocenters. The molecule has 129 heavy (non-hydrogen) atoms. The Hall–Kier alpha value is -10.5. The van der Waals surface area contributed by atoms with Crippen LogP contribution in [0.5, 0.6) is 0 Å². The van der Waals surface area contributed by atoms with Crippen molar-refractivity contribution in [3.8, 4) is 0 Å². The first-order chi connectivity index (χ1) is 62.2. The molecule has 694 valence electrons. The lowest BCUT2D eigenvalue weighted by Crippen LogP contribution is -2.84. The monoisotopic (exact) mass is 1790 g/mol. The fourth-order valence-corrected chi connectivity index (χ4v) is 33.7. The van der Waals surface area contributed by atoms with Crippen LogP contribution in [0.4, 0.5) is 57.5 Å². The third-order valence-electron chi connectivity index (χ3n) is 39.1. The highest BCUT2D eigenvalue weighted by molar-refractivity contribution is 5.96. The van der Waals surface area contributed by atoms with Gasteiger partial charge in [0.15, 0.2) is 34.0 Å². The van der Waals surface area contributed by atoms with Gasteiger partial charge in [-0.3, -0.25) is 139 Å². The molecule has 0 aromatic rings. The molecule has 16 unspecified atom stereocenters. The molecule has 26 fully saturated rings. The topological polar surface area (TPSA) is 421 Å². The maximum Gasteiger partial charge on any atom is 0.326 e. The number of hydrogen-bond acceptors (Lipinski definition) is 20. The lowest BCUT2D eigenvalue weighted by atomic mass is 9.71. The molecule has 26 aliphatic rings. The van der Waals surface area contributed by atoms with Gasteiger partial charge in [0.2, 0.25) is 19.2 Å². The van der Waals surface area contributed by atoms with Crippen molar-refractivity contribution in [3.63, 3.8) is 0 Å². The van der Waals surface area contributed by atoms with Crippen LogP contribution in [0, 0.1) is 0 Å². The average molecular weight is 1790 g/mol. The molecule has 18 saturated heterocycles. The van der Waals surface area contributed by atoms with E-state index in [-0.39, 0.29) is 123 Å². The van der Waals surface area contributed by atoms with E-state index in [4.69, 9.17) is 0 Å². The SMILES string of the molecule is CN1CNC23CCCCC24N(C=O)CN2C(=O)N5CN6C(=O)NCN7C(=O)N8CN9C(=O)N%10CN%11C(=O)N%12CN%13C(=O)NCN(C1=O)C1%14CCCCC1(C)N(C=O)CN3C(=O)N4CNC21CCCCC51NCN1C(=O)N(CN2C(=O)N(CN3C(=O)N(CNC%114CCCCC%124N(C=O)CN4C(=O)N(CN%14)C5CCCCC5%134)C%104CCCCC394)C83CCCCC723)C2(C)CCCCC612. The quantitative estimate of drug-likeness (QED) is 0.196. The Bertz CT molecular complexity index is 5130. The van der Waals surface area contributed by atoms with E-state index >= 15 is 71.9 Å². The number of rotatable bonds is 3. The summed E-state index contributed by atoms with van der Waals surface area (Å²) in [6.07, 6.45) is 12.7. The van der Waals surface area contributed by atoms with Crippen LogP contribution in [-0.2, 0) is 14.4 Å². The molecule has 17 bridgehead atoms. The standard InChI is InChI=1S/C82H116N32O15/c1-68-21-6-8-24-71(68)86-39-94-55-20-4-5-23-70(55)100-46-108-65(127)107-49-110-67(129)114-50-111-62(124)96-37-84-57(119)101-47-106-64(126)104-45-93(54-117)77-30-14-11-27-74(77,85-38-90(3)58(120)95(71)36-83-56(100)118)105(43-91(68)52-115)61(123)98(77)41-88-72(104)25-9-10-26-73(72,106)87-40-97-60(122)102(69(2)22-7-13-29-76(69,97)101)48-109-66(128)113(81(111)34-18-16-32-79(81,96)109)51-112-63(125)99(80(110)33-17-19-35-82(80,112)114)42-89-75(107)28-12-15-31-78(75,108)92(53-116)44-103(70)59(94)121/h52-55,85-89H,4-51H2,1-3H3,(H,83,118)(H,84,119). The zero-order chi connectivity index (χ0) is 88.5. The smallest absolute Gasteiger partial charge is 0.320 e. The van der Waals surface area contributed by atoms with Crippen molar-refractivity contribution >= 4 is 91.6 Å². The summed E-state index contributed by atoms with van der Waals surface area (Å²) >= 11 is 0. The first-order valence-electron chi connectivity index (χ1n) is 47.6. The van der Waals surface area contributed by atoms with Crippen LogP contribution in [0.15, 0.2) is 0 Å². The Morgan fingerprint density at radius 1 is 0.248 bits per heavy atom. The molecule has 0 radical (unpaired) electrons. The number of nitrogens with one attached hydrogen (secondary N) is 7. The van der Waals surface area contributed by atoms with Gasteiger partial charge in [-0.05, 0) is 200 Å². The van der Waals surface area contributed by atoms with E-state index in [1.165, 1.54) is 24.5 Å². The first kappa shape index (κ1) is 79.4. The molecular weight excluding hydrogens is 1670 g/mol. The van der Waals surface area contributed by atoms with Crippen molar-refractivity contribution in [1.29, 1.82) is 0 Å². The van der Waals surface area contributed by atoms with Gasteiger partial charge in [-0.2, -0.15) is 0 Å². The molecule has 0 aromatic heterocycles. The molecule has 18 aliphatic heterocycles. The minimum Gasteiger partial charge on any atom is -0.320 e. The molecule has 26 rings (SSSR count). The van der Waals surface area contributed by atoms with Gasteiger partial charge >= 0.3 is 72.4 Å². The summed E-state index contributed by atoms with van der Waals surface area (Å²) in [5.74, 6) is 0. The number of carbonyl (C=O) groups is 15.